The Hall–Kier alpha value is -3.79. The van der Waals surface area contributed by atoms with Gasteiger partial charge in [-0.25, -0.2) is 4.99 Å². The summed E-state index contributed by atoms with van der Waals surface area (Å²) < 4.78 is 2.06. The van der Waals surface area contributed by atoms with Gasteiger partial charge < -0.3 is 5.73 Å². The molecular formula is C26H30N4. The molecule has 30 heavy (non-hydrogen) atoms. The van der Waals surface area contributed by atoms with Crippen LogP contribution in [0.2, 0.25) is 0 Å². The molecule has 2 rings (SSSR count). The van der Waals surface area contributed by atoms with Crippen molar-refractivity contribution in [3.8, 4) is 0 Å². The van der Waals surface area contributed by atoms with Crippen molar-refractivity contribution in [2.75, 3.05) is 0 Å². The van der Waals surface area contributed by atoms with E-state index in [1.165, 1.54) is 6.20 Å². The Morgan fingerprint density at radius 1 is 1.10 bits per heavy atom. The van der Waals surface area contributed by atoms with E-state index in [-0.39, 0.29) is 0 Å². The van der Waals surface area contributed by atoms with E-state index in [0.29, 0.717) is 5.96 Å². The summed E-state index contributed by atoms with van der Waals surface area (Å²) in [5, 5.41) is 0. The number of fused-ring (bicyclic) bond motifs is 1. The van der Waals surface area contributed by atoms with Crippen LogP contribution in [0.4, 0.5) is 0 Å². The Balaban J connectivity index is 3.26. The maximum Gasteiger partial charge on any atom is 0.219 e. The lowest BCUT2D eigenvalue weighted by Crippen LogP contribution is -2.31. The molecule has 4 heteroatoms. The first kappa shape index (κ1) is 22.5. The summed E-state index contributed by atoms with van der Waals surface area (Å²) in [5.74, 6) is 0.620. The number of aliphatic imine (C=N–C) groups is 1. The SMILES string of the molecule is C=C/C=C(/C)C1=C(C=C)N(C=C)/C(=N\C=C)n2c(/C=C\C)c(C)c(C=C)c2/C1=C\N. The van der Waals surface area contributed by atoms with Gasteiger partial charge >= 0.3 is 0 Å². The molecule has 0 atom stereocenters. The standard InChI is InChI=1S/C26H30N4/c1-9-15-18(7)24-21(17-27)25-20(11-3)19(8)23(16-10-2)30(25)26(28-13-5)29(14-6)22(24)12-4/h9-17H,1,3-6,27H2,2,7-8H3/b16-10-,18-15-,21-17-,28-26+. The number of hydrogen-bond donors (Lipinski definition) is 1. The first-order valence-electron chi connectivity index (χ1n) is 9.67. The minimum Gasteiger partial charge on any atom is -0.404 e. The van der Waals surface area contributed by atoms with Gasteiger partial charge in [0.2, 0.25) is 5.96 Å². The van der Waals surface area contributed by atoms with Crippen LogP contribution in [-0.2, 0) is 0 Å². The Kier molecular flexibility index (Phi) is 7.21. The van der Waals surface area contributed by atoms with Gasteiger partial charge in [0.1, 0.15) is 0 Å². The molecule has 0 saturated heterocycles. The molecule has 2 N–H and O–H groups in total. The third kappa shape index (κ3) is 3.48. The molecule has 1 aliphatic rings. The largest absolute Gasteiger partial charge is 0.404 e. The lowest BCUT2D eigenvalue weighted by atomic mass is 9.92. The predicted molar refractivity (Wildman–Crippen MR) is 132 cm³/mol. The van der Waals surface area contributed by atoms with Crippen LogP contribution in [0, 0.1) is 6.92 Å². The molecule has 1 aliphatic heterocycles. The summed E-state index contributed by atoms with van der Waals surface area (Å²) in [6.45, 7) is 25.9. The quantitative estimate of drug-likeness (QED) is 0.560. The average molecular weight is 399 g/mol. The molecule has 154 valence electrons. The van der Waals surface area contributed by atoms with Crippen LogP contribution >= 0.6 is 0 Å². The smallest absolute Gasteiger partial charge is 0.219 e. The number of nitrogens with zero attached hydrogens (tertiary/aromatic N) is 3. The normalized spacial score (nSPS) is 17.3. The van der Waals surface area contributed by atoms with Crippen molar-refractivity contribution in [3.63, 3.8) is 0 Å². The fourth-order valence-corrected chi connectivity index (χ4v) is 3.82. The molecule has 2 heterocycles. The number of aromatic nitrogens is 1. The van der Waals surface area contributed by atoms with Crippen molar-refractivity contribution in [1.82, 2.24) is 9.47 Å². The van der Waals surface area contributed by atoms with Gasteiger partial charge in [0.15, 0.2) is 0 Å². The molecule has 0 aliphatic carbocycles. The Morgan fingerprint density at radius 2 is 1.80 bits per heavy atom. The molecule has 0 saturated carbocycles. The van der Waals surface area contributed by atoms with Crippen LogP contribution in [0.3, 0.4) is 0 Å². The van der Waals surface area contributed by atoms with E-state index in [0.717, 1.165) is 44.9 Å². The summed E-state index contributed by atoms with van der Waals surface area (Å²) >= 11 is 0. The van der Waals surface area contributed by atoms with Gasteiger partial charge in [0, 0.05) is 35.3 Å². The Bertz CT molecular complexity index is 1060. The molecule has 0 bridgehead atoms. The van der Waals surface area contributed by atoms with Crippen LogP contribution in [0.5, 0.6) is 0 Å². The number of nitrogens with two attached hydrogens (primary N) is 1. The maximum atomic E-state index is 6.24. The van der Waals surface area contributed by atoms with E-state index in [2.05, 4.69) is 49.4 Å². The highest BCUT2D eigenvalue weighted by atomic mass is 15.3. The molecule has 1 aromatic rings. The summed E-state index contributed by atoms with van der Waals surface area (Å²) in [6.07, 6.45) is 16.2. The molecule has 1 aromatic heterocycles. The molecule has 0 fully saturated rings. The van der Waals surface area contributed by atoms with Crippen molar-refractivity contribution < 1.29 is 0 Å². The molecule has 0 radical (unpaired) electrons. The highest BCUT2D eigenvalue weighted by Crippen LogP contribution is 2.41. The topological polar surface area (TPSA) is 46.5 Å². The fraction of sp³-hybridized carbons (Fsp3) is 0.115. The second kappa shape index (κ2) is 9.61. The summed E-state index contributed by atoms with van der Waals surface area (Å²) in [5.41, 5.74) is 13.7. The van der Waals surface area contributed by atoms with Gasteiger partial charge in [0.25, 0.3) is 0 Å². The van der Waals surface area contributed by atoms with E-state index in [9.17, 15) is 0 Å². The van der Waals surface area contributed by atoms with Crippen molar-refractivity contribution in [2.45, 2.75) is 20.8 Å². The van der Waals surface area contributed by atoms with Crippen LogP contribution < -0.4 is 5.73 Å². The third-order valence-corrected chi connectivity index (χ3v) is 5.00. The highest BCUT2D eigenvalue weighted by molar-refractivity contribution is 6.00. The van der Waals surface area contributed by atoms with Crippen molar-refractivity contribution in [3.05, 3.63) is 115 Å². The summed E-state index contributed by atoms with van der Waals surface area (Å²) in [4.78, 5) is 6.51. The van der Waals surface area contributed by atoms with Gasteiger partial charge in [-0.15, -0.1) is 0 Å². The van der Waals surface area contributed by atoms with Crippen molar-refractivity contribution >= 4 is 23.7 Å². The van der Waals surface area contributed by atoms with Crippen LogP contribution in [0.1, 0.15) is 36.4 Å². The molecule has 4 nitrogen and oxygen atoms in total. The van der Waals surface area contributed by atoms with Gasteiger partial charge in [-0.05, 0) is 44.1 Å². The van der Waals surface area contributed by atoms with Gasteiger partial charge in [-0.2, -0.15) is 0 Å². The Morgan fingerprint density at radius 3 is 2.27 bits per heavy atom. The second-order valence-electron chi connectivity index (χ2n) is 6.61. The number of allylic oxidation sites excluding steroid dienone is 7. The van der Waals surface area contributed by atoms with Gasteiger partial charge in [0.05, 0.1) is 17.1 Å². The zero-order chi connectivity index (χ0) is 22.4. The average Bonchev–Trinajstić information content (AvgIpc) is 2.94. The minimum atomic E-state index is 0.620. The zero-order valence-electron chi connectivity index (χ0n) is 18.2. The molecule has 0 amide bonds. The molecule has 0 spiro atoms. The second-order valence-corrected chi connectivity index (χ2v) is 6.61. The fourth-order valence-electron chi connectivity index (χ4n) is 3.82. The van der Waals surface area contributed by atoms with Crippen molar-refractivity contribution in [2.24, 2.45) is 10.7 Å². The lowest BCUT2D eigenvalue weighted by Gasteiger charge is -2.24. The zero-order valence-corrected chi connectivity index (χ0v) is 18.2. The summed E-state index contributed by atoms with van der Waals surface area (Å²) in [7, 11) is 0. The highest BCUT2D eigenvalue weighted by Gasteiger charge is 2.32. The molecular weight excluding hydrogens is 368 g/mol. The number of rotatable bonds is 7. The minimum absolute atomic E-state index is 0.620. The van der Waals surface area contributed by atoms with Gasteiger partial charge in [-0.1, -0.05) is 57.2 Å². The molecule has 0 unspecified atom stereocenters. The van der Waals surface area contributed by atoms with E-state index in [1.54, 1.807) is 24.6 Å². The van der Waals surface area contributed by atoms with E-state index in [4.69, 9.17) is 5.73 Å². The van der Waals surface area contributed by atoms with Crippen molar-refractivity contribution in [1.29, 1.82) is 0 Å². The number of hydrogen-bond acceptors (Lipinski definition) is 2. The van der Waals surface area contributed by atoms with Gasteiger partial charge in [-0.3, -0.25) is 9.47 Å². The first-order chi connectivity index (χ1) is 14.5. The third-order valence-electron chi connectivity index (χ3n) is 5.00. The first-order valence-corrected chi connectivity index (χ1v) is 9.67. The lowest BCUT2D eigenvalue weighted by molar-refractivity contribution is 0.679. The maximum absolute atomic E-state index is 6.24. The van der Waals surface area contributed by atoms with Crippen LogP contribution in [0.15, 0.2) is 97.6 Å². The Labute approximate surface area is 180 Å². The van der Waals surface area contributed by atoms with E-state index < -0.39 is 0 Å². The summed E-state index contributed by atoms with van der Waals surface area (Å²) in [6, 6.07) is 0. The van der Waals surface area contributed by atoms with E-state index >= 15 is 0 Å². The monoisotopic (exact) mass is 398 g/mol. The molecule has 0 aromatic carbocycles. The van der Waals surface area contributed by atoms with Crippen LogP contribution in [-0.4, -0.2) is 15.4 Å². The van der Waals surface area contributed by atoms with Crippen LogP contribution in [0.25, 0.3) is 17.7 Å². The van der Waals surface area contributed by atoms with E-state index in [1.807, 2.05) is 43.1 Å². The predicted octanol–water partition coefficient (Wildman–Crippen LogP) is 6.15.